The number of hydrogen-bond acceptors (Lipinski definition) is 3. The summed E-state index contributed by atoms with van der Waals surface area (Å²) >= 11 is 0. The molecular formula is C24H19F5N2O3S. The molecule has 184 valence electrons. The Balaban J connectivity index is 1.74. The number of nitrogens with one attached hydrogen (secondary N) is 1. The van der Waals surface area contributed by atoms with Crippen LogP contribution in [0.5, 0.6) is 0 Å². The van der Waals surface area contributed by atoms with Gasteiger partial charge in [-0.2, -0.15) is 13.2 Å². The number of fused-ring (bicyclic) bond motifs is 1. The molecule has 0 atom stereocenters. The molecule has 1 aliphatic rings. The quantitative estimate of drug-likeness (QED) is 0.459. The number of alkyl halides is 3. The minimum atomic E-state index is -4.96. The van der Waals surface area contributed by atoms with E-state index in [1.165, 1.54) is 6.07 Å². The number of nitrogens with zero attached hydrogens (tertiary/aromatic N) is 1. The normalized spacial score (nSPS) is 13.9. The Kier molecular flexibility index (Phi) is 6.31. The van der Waals surface area contributed by atoms with Crippen molar-refractivity contribution in [2.45, 2.75) is 30.8 Å². The van der Waals surface area contributed by atoms with Crippen LogP contribution in [0.1, 0.15) is 33.5 Å². The molecule has 0 unspecified atom stereocenters. The van der Waals surface area contributed by atoms with Crippen molar-refractivity contribution >= 4 is 27.3 Å². The molecule has 1 amide bonds. The lowest BCUT2D eigenvalue weighted by Gasteiger charge is -2.31. The second kappa shape index (κ2) is 8.95. The van der Waals surface area contributed by atoms with Gasteiger partial charge in [0.05, 0.1) is 21.7 Å². The van der Waals surface area contributed by atoms with Gasteiger partial charge in [0.2, 0.25) is 0 Å². The number of anilines is 2. The zero-order chi connectivity index (χ0) is 25.5. The first-order chi connectivity index (χ1) is 16.4. The van der Waals surface area contributed by atoms with Gasteiger partial charge in [0.1, 0.15) is 11.6 Å². The molecule has 0 radical (unpaired) electrons. The van der Waals surface area contributed by atoms with Gasteiger partial charge in [-0.05, 0) is 73.4 Å². The molecule has 0 aliphatic carbocycles. The SMILES string of the molecule is Cc1cc2c(cc1NC(=O)c1c(F)cccc1C(F)(F)F)N(S(=O)(=O)c1ccc(F)cc1)CCC2. The summed E-state index contributed by atoms with van der Waals surface area (Å²) in [4.78, 5) is 12.6. The van der Waals surface area contributed by atoms with Gasteiger partial charge in [-0.1, -0.05) is 12.1 Å². The summed E-state index contributed by atoms with van der Waals surface area (Å²) < 4.78 is 95.2. The summed E-state index contributed by atoms with van der Waals surface area (Å²) in [5.41, 5.74) is -1.21. The van der Waals surface area contributed by atoms with E-state index >= 15 is 0 Å². The molecular weight excluding hydrogens is 491 g/mol. The molecule has 0 fully saturated rings. The molecule has 1 aliphatic heterocycles. The predicted molar refractivity (Wildman–Crippen MR) is 120 cm³/mol. The maximum absolute atomic E-state index is 14.3. The molecule has 0 saturated heterocycles. The highest BCUT2D eigenvalue weighted by atomic mass is 32.2. The summed E-state index contributed by atoms with van der Waals surface area (Å²) in [7, 11) is -4.09. The third kappa shape index (κ3) is 4.72. The van der Waals surface area contributed by atoms with Gasteiger partial charge in [0.25, 0.3) is 15.9 Å². The minimum absolute atomic E-state index is 0.0336. The summed E-state index contributed by atoms with van der Waals surface area (Å²) in [6.45, 7) is 1.70. The molecule has 11 heteroatoms. The van der Waals surface area contributed by atoms with Crippen molar-refractivity contribution in [3.05, 3.63) is 88.5 Å². The Labute approximate surface area is 198 Å². The van der Waals surface area contributed by atoms with Crippen LogP contribution in [-0.4, -0.2) is 20.9 Å². The Bertz CT molecular complexity index is 1400. The zero-order valence-electron chi connectivity index (χ0n) is 18.3. The van der Waals surface area contributed by atoms with E-state index in [1.54, 1.807) is 13.0 Å². The van der Waals surface area contributed by atoms with E-state index in [0.717, 1.165) is 40.7 Å². The van der Waals surface area contributed by atoms with Gasteiger partial charge in [-0.15, -0.1) is 0 Å². The molecule has 3 aromatic carbocycles. The molecule has 5 nitrogen and oxygen atoms in total. The Morgan fingerprint density at radius 1 is 1.03 bits per heavy atom. The van der Waals surface area contributed by atoms with Crippen molar-refractivity contribution in [2.24, 2.45) is 0 Å². The number of amides is 1. The lowest BCUT2D eigenvalue weighted by molar-refractivity contribution is -0.138. The molecule has 1 heterocycles. The van der Waals surface area contributed by atoms with Crippen LogP contribution >= 0.6 is 0 Å². The molecule has 4 rings (SSSR count). The lowest BCUT2D eigenvalue weighted by atomic mass is 9.99. The average molecular weight is 510 g/mol. The smallest absolute Gasteiger partial charge is 0.322 e. The number of carbonyl (C=O) groups excluding carboxylic acids is 1. The fourth-order valence-electron chi connectivity index (χ4n) is 4.02. The summed E-state index contributed by atoms with van der Waals surface area (Å²) in [5.74, 6) is -3.26. The predicted octanol–water partition coefficient (Wildman–Crippen LogP) is 5.69. The van der Waals surface area contributed by atoms with Crippen molar-refractivity contribution in [2.75, 3.05) is 16.2 Å². The second-order valence-electron chi connectivity index (χ2n) is 8.04. The largest absolute Gasteiger partial charge is 0.417 e. The third-order valence-electron chi connectivity index (χ3n) is 5.70. The molecule has 3 aromatic rings. The fraction of sp³-hybridized carbons (Fsp3) is 0.208. The molecule has 0 saturated carbocycles. The van der Waals surface area contributed by atoms with Crippen LogP contribution in [-0.2, 0) is 22.6 Å². The van der Waals surface area contributed by atoms with Crippen LogP contribution in [0.3, 0.4) is 0 Å². The zero-order valence-corrected chi connectivity index (χ0v) is 19.1. The maximum Gasteiger partial charge on any atom is 0.417 e. The van der Waals surface area contributed by atoms with Crippen molar-refractivity contribution < 1.29 is 35.2 Å². The van der Waals surface area contributed by atoms with Gasteiger partial charge >= 0.3 is 6.18 Å². The van der Waals surface area contributed by atoms with E-state index in [0.29, 0.717) is 30.0 Å². The van der Waals surface area contributed by atoms with Gasteiger partial charge in [-0.25, -0.2) is 17.2 Å². The number of hydrogen-bond donors (Lipinski definition) is 1. The van der Waals surface area contributed by atoms with Gasteiger partial charge < -0.3 is 5.32 Å². The number of halogens is 5. The summed E-state index contributed by atoms with van der Waals surface area (Å²) in [5, 5.41) is 2.30. The summed E-state index contributed by atoms with van der Waals surface area (Å²) in [6, 6.07) is 9.49. The lowest BCUT2D eigenvalue weighted by Crippen LogP contribution is -2.35. The Morgan fingerprint density at radius 2 is 1.71 bits per heavy atom. The van der Waals surface area contributed by atoms with Crippen LogP contribution in [0.2, 0.25) is 0 Å². The number of benzene rings is 3. The van der Waals surface area contributed by atoms with Crippen molar-refractivity contribution in [1.29, 1.82) is 0 Å². The maximum atomic E-state index is 14.3. The monoisotopic (exact) mass is 510 g/mol. The third-order valence-corrected chi connectivity index (χ3v) is 7.52. The van der Waals surface area contributed by atoms with Crippen molar-refractivity contribution in [1.82, 2.24) is 0 Å². The summed E-state index contributed by atoms with van der Waals surface area (Å²) in [6.07, 6.45) is -3.92. The first kappa shape index (κ1) is 24.6. The Morgan fingerprint density at radius 3 is 2.37 bits per heavy atom. The Hall–Kier alpha value is -3.47. The van der Waals surface area contributed by atoms with Crippen molar-refractivity contribution in [3.63, 3.8) is 0 Å². The van der Waals surface area contributed by atoms with Crippen LogP contribution in [0.15, 0.2) is 59.5 Å². The molecule has 1 N–H and O–H groups in total. The van der Waals surface area contributed by atoms with E-state index < -0.39 is 44.9 Å². The van der Waals surface area contributed by atoms with E-state index in [2.05, 4.69) is 5.32 Å². The van der Waals surface area contributed by atoms with E-state index in [1.807, 2.05) is 0 Å². The van der Waals surface area contributed by atoms with E-state index in [9.17, 15) is 35.2 Å². The topological polar surface area (TPSA) is 66.5 Å². The highest BCUT2D eigenvalue weighted by molar-refractivity contribution is 7.92. The van der Waals surface area contributed by atoms with Crippen LogP contribution in [0, 0.1) is 18.6 Å². The van der Waals surface area contributed by atoms with Crippen LogP contribution < -0.4 is 9.62 Å². The number of rotatable bonds is 4. The highest BCUT2D eigenvalue weighted by Gasteiger charge is 2.37. The number of carbonyl (C=O) groups is 1. The second-order valence-corrected chi connectivity index (χ2v) is 9.91. The highest BCUT2D eigenvalue weighted by Crippen LogP contribution is 2.37. The van der Waals surface area contributed by atoms with E-state index in [-0.39, 0.29) is 22.8 Å². The molecule has 0 aromatic heterocycles. The average Bonchev–Trinajstić information content (AvgIpc) is 2.78. The fourth-order valence-corrected chi connectivity index (χ4v) is 5.55. The molecule has 0 spiro atoms. The minimum Gasteiger partial charge on any atom is -0.322 e. The number of aryl methyl sites for hydroxylation is 2. The first-order valence-electron chi connectivity index (χ1n) is 10.5. The van der Waals surface area contributed by atoms with E-state index in [4.69, 9.17) is 0 Å². The van der Waals surface area contributed by atoms with Crippen LogP contribution in [0.4, 0.5) is 33.3 Å². The first-order valence-corrected chi connectivity index (χ1v) is 11.9. The molecule has 0 bridgehead atoms. The van der Waals surface area contributed by atoms with Crippen molar-refractivity contribution in [3.8, 4) is 0 Å². The van der Waals surface area contributed by atoms with Gasteiger partial charge in [-0.3, -0.25) is 9.10 Å². The van der Waals surface area contributed by atoms with Crippen LogP contribution in [0.25, 0.3) is 0 Å². The van der Waals surface area contributed by atoms with Gasteiger partial charge in [0.15, 0.2) is 0 Å². The molecule has 35 heavy (non-hydrogen) atoms. The van der Waals surface area contributed by atoms with Gasteiger partial charge in [0, 0.05) is 12.2 Å². The standard InChI is InChI=1S/C24H19F5N2O3S/c1-14-12-15-4-3-11-31(35(33,34)17-9-7-16(25)8-10-17)21(15)13-20(14)30-23(32)22-18(24(27,28)29)5-2-6-19(22)26/h2,5-10,12-13H,3-4,11H2,1H3,(H,30,32). The number of sulfonamides is 1.